The second kappa shape index (κ2) is 5.31. The van der Waals surface area contributed by atoms with Crippen LogP contribution in [0.2, 0.25) is 0 Å². The molecule has 2 N–H and O–H groups in total. The van der Waals surface area contributed by atoms with Crippen LogP contribution in [0.15, 0.2) is 30.6 Å². The van der Waals surface area contributed by atoms with E-state index in [1.807, 2.05) is 24.3 Å². The van der Waals surface area contributed by atoms with Gasteiger partial charge in [-0.15, -0.1) is 0 Å². The minimum Gasteiger partial charge on any atom is -0.396 e. The van der Waals surface area contributed by atoms with Gasteiger partial charge >= 0.3 is 6.08 Å². The SMILES string of the molecule is OCCc1ccc(Nc2ncnc(F)n2)cc1. The number of hydrogen-bond donors (Lipinski definition) is 2. The van der Waals surface area contributed by atoms with Gasteiger partial charge in [0.25, 0.3) is 0 Å². The second-order valence-corrected chi connectivity index (χ2v) is 3.37. The van der Waals surface area contributed by atoms with Crippen LogP contribution >= 0.6 is 0 Å². The zero-order valence-electron chi connectivity index (χ0n) is 8.97. The van der Waals surface area contributed by atoms with Gasteiger partial charge in [-0.25, -0.2) is 4.98 Å². The van der Waals surface area contributed by atoms with Crippen molar-refractivity contribution in [1.29, 1.82) is 0 Å². The van der Waals surface area contributed by atoms with Crippen LogP contribution in [0.1, 0.15) is 5.56 Å². The Kier molecular flexibility index (Phi) is 3.56. The van der Waals surface area contributed by atoms with Gasteiger partial charge in [0.15, 0.2) is 0 Å². The van der Waals surface area contributed by atoms with Gasteiger partial charge in [-0.2, -0.15) is 14.4 Å². The zero-order valence-corrected chi connectivity index (χ0v) is 8.97. The maximum Gasteiger partial charge on any atom is 0.313 e. The molecule has 0 bridgehead atoms. The third kappa shape index (κ3) is 3.18. The van der Waals surface area contributed by atoms with Gasteiger partial charge in [0.1, 0.15) is 6.33 Å². The highest BCUT2D eigenvalue weighted by molar-refractivity contribution is 5.53. The van der Waals surface area contributed by atoms with Crippen LogP contribution in [0.5, 0.6) is 0 Å². The minimum absolute atomic E-state index is 0.117. The zero-order chi connectivity index (χ0) is 12.1. The molecule has 0 atom stereocenters. The highest BCUT2D eigenvalue weighted by atomic mass is 19.1. The minimum atomic E-state index is -0.820. The maximum atomic E-state index is 12.7. The van der Waals surface area contributed by atoms with Crippen molar-refractivity contribution in [2.75, 3.05) is 11.9 Å². The van der Waals surface area contributed by atoms with E-state index < -0.39 is 6.08 Å². The summed E-state index contributed by atoms with van der Waals surface area (Å²) in [4.78, 5) is 10.5. The first-order chi connectivity index (χ1) is 8.28. The highest BCUT2D eigenvalue weighted by Gasteiger charge is 2.00. The number of anilines is 2. The van der Waals surface area contributed by atoms with E-state index in [4.69, 9.17) is 5.11 Å². The van der Waals surface area contributed by atoms with Crippen LogP contribution < -0.4 is 5.32 Å². The molecule has 1 aromatic heterocycles. The van der Waals surface area contributed by atoms with Crippen LogP contribution in [-0.4, -0.2) is 26.7 Å². The van der Waals surface area contributed by atoms with Gasteiger partial charge in [0.05, 0.1) is 0 Å². The molecule has 0 aliphatic rings. The first-order valence-corrected chi connectivity index (χ1v) is 5.09. The average Bonchev–Trinajstić information content (AvgIpc) is 2.32. The number of nitrogens with zero attached hydrogens (tertiary/aromatic N) is 3. The Morgan fingerprint density at radius 1 is 1.18 bits per heavy atom. The molecule has 6 heteroatoms. The Bertz CT molecular complexity index is 489. The van der Waals surface area contributed by atoms with Crippen LogP contribution in [0.3, 0.4) is 0 Å². The molecule has 2 rings (SSSR count). The van der Waals surface area contributed by atoms with E-state index in [9.17, 15) is 4.39 Å². The van der Waals surface area contributed by atoms with Crippen molar-refractivity contribution in [3.8, 4) is 0 Å². The lowest BCUT2D eigenvalue weighted by molar-refractivity contribution is 0.299. The summed E-state index contributed by atoms with van der Waals surface area (Å²) in [5.41, 5.74) is 1.78. The summed E-state index contributed by atoms with van der Waals surface area (Å²) in [6.45, 7) is 0.117. The van der Waals surface area contributed by atoms with Gasteiger partial charge in [0, 0.05) is 12.3 Å². The Labute approximate surface area is 97.4 Å². The number of nitrogens with one attached hydrogen (secondary N) is 1. The molecule has 1 heterocycles. The summed E-state index contributed by atoms with van der Waals surface area (Å²) < 4.78 is 12.7. The Morgan fingerprint density at radius 2 is 1.94 bits per heavy atom. The largest absolute Gasteiger partial charge is 0.396 e. The summed E-state index contributed by atoms with van der Waals surface area (Å²) in [7, 11) is 0. The van der Waals surface area contributed by atoms with Crippen molar-refractivity contribution in [2.45, 2.75) is 6.42 Å². The van der Waals surface area contributed by atoms with E-state index in [0.717, 1.165) is 17.6 Å². The van der Waals surface area contributed by atoms with E-state index in [1.165, 1.54) is 0 Å². The van der Waals surface area contributed by atoms with Gasteiger partial charge in [-0.05, 0) is 24.1 Å². The molecule has 2 aromatic rings. The number of benzene rings is 1. The topological polar surface area (TPSA) is 70.9 Å². The molecule has 0 saturated heterocycles. The summed E-state index contributed by atoms with van der Waals surface area (Å²) in [5.74, 6) is 0.160. The van der Waals surface area contributed by atoms with Crippen molar-refractivity contribution < 1.29 is 9.50 Å². The van der Waals surface area contributed by atoms with Crippen molar-refractivity contribution in [3.05, 3.63) is 42.2 Å². The first kappa shape index (κ1) is 11.4. The van der Waals surface area contributed by atoms with Crippen molar-refractivity contribution in [3.63, 3.8) is 0 Å². The molecule has 88 valence electrons. The number of rotatable bonds is 4. The predicted molar refractivity (Wildman–Crippen MR) is 60.3 cm³/mol. The molecule has 1 aromatic carbocycles. The van der Waals surface area contributed by atoms with Crippen LogP contribution in [0.25, 0.3) is 0 Å². The van der Waals surface area contributed by atoms with Crippen molar-refractivity contribution in [2.24, 2.45) is 0 Å². The van der Waals surface area contributed by atoms with Crippen LogP contribution in [0, 0.1) is 6.08 Å². The molecule has 0 radical (unpaired) electrons. The molecule has 0 saturated carbocycles. The lowest BCUT2D eigenvalue weighted by atomic mass is 10.1. The molecule has 0 fully saturated rings. The van der Waals surface area contributed by atoms with Gasteiger partial charge in [-0.1, -0.05) is 12.1 Å². The maximum absolute atomic E-state index is 12.7. The van der Waals surface area contributed by atoms with Crippen LogP contribution in [0.4, 0.5) is 16.0 Å². The van der Waals surface area contributed by atoms with E-state index in [-0.39, 0.29) is 12.6 Å². The highest BCUT2D eigenvalue weighted by Crippen LogP contribution is 2.13. The van der Waals surface area contributed by atoms with E-state index >= 15 is 0 Å². The first-order valence-electron chi connectivity index (χ1n) is 5.09. The van der Waals surface area contributed by atoms with Crippen molar-refractivity contribution >= 4 is 11.6 Å². The van der Waals surface area contributed by atoms with E-state index in [0.29, 0.717) is 6.42 Å². The fourth-order valence-corrected chi connectivity index (χ4v) is 1.35. The number of aromatic nitrogens is 3. The fourth-order valence-electron chi connectivity index (χ4n) is 1.35. The summed E-state index contributed by atoms with van der Waals surface area (Å²) in [5, 5.41) is 11.6. The molecule has 0 spiro atoms. The molecule has 0 aliphatic carbocycles. The third-order valence-electron chi connectivity index (χ3n) is 2.15. The molecule has 17 heavy (non-hydrogen) atoms. The number of hydrogen-bond acceptors (Lipinski definition) is 5. The molecule has 0 amide bonds. The van der Waals surface area contributed by atoms with E-state index in [2.05, 4.69) is 20.3 Å². The third-order valence-corrected chi connectivity index (χ3v) is 2.15. The molecule has 0 aliphatic heterocycles. The van der Waals surface area contributed by atoms with E-state index in [1.54, 1.807) is 0 Å². The lowest BCUT2D eigenvalue weighted by Gasteiger charge is -2.05. The summed E-state index contributed by atoms with van der Waals surface area (Å²) >= 11 is 0. The second-order valence-electron chi connectivity index (χ2n) is 3.37. The van der Waals surface area contributed by atoms with Gasteiger partial charge in [-0.3, -0.25) is 0 Å². The quantitative estimate of drug-likeness (QED) is 0.834. The normalized spacial score (nSPS) is 10.2. The summed E-state index contributed by atoms with van der Waals surface area (Å²) in [6.07, 6.45) is 0.894. The molecule has 5 nitrogen and oxygen atoms in total. The smallest absolute Gasteiger partial charge is 0.313 e. The Morgan fingerprint density at radius 3 is 2.59 bits per heavy atom. The van der Waals surface area contributed by atoms with Crippen molar-refractivity contribution in [1.82, 2.24) is 15.0 Å². The molecule has 0 unspecified atom stereocenters. The number of aliphatic hydroxyl groups excluding tert-OH is 1. The summed E-state index contributed by atoms with van der Waals surface area (Å²) in [6, 6.07) is 7.37. The van der Waals surface area contributed by atoms with Gasteiger partial charge in [0.2, 0.25) is 5.95 Å². The predicted octanol–water partition coefficient (Wildman–Crippen LogP) is 1.29. The van der Waals surface area contributed by atoms with Gasteiger partial charge < -0.3 is 10.4 Å². The monoisotopic (exact) mass is 234 g/mol. The lowest BCUT2D eigenvalue weighted by Crippen LogP contribution is -2.00. The number of aliphatic hydroxyl groups is 1. The standard InChI is InChI=1S/C11H11FN4O/c12-10-13-7-14-11(16-10)15-9-3-1-8(2-4-9)5-6-17/h1-4,7,17H,5-6H2,(H,13,14,15,16). The number of halogens is 1. The Balaban J connectivity index is 2.08. The average molecular weight is 234 g/mol. The molecular weight excluding hydrogens is 223 g/mol. The fraction of sp³-hybridized carbons (Fsp3) is 0.182. The van der Waals surface area contributed by atoms with Crippen LogP contribution in [-0.2, 0) is 6.42 Å². The Hall–Kier alpha value is -2.08. The molecular formula is C11H11FN4O.